The summed E-state index contributed by atoms with van der Waals surface area (Å²) in [5, 5.41) is 11.2. The molecule has 6 heteroatoms. The molecule has 0 fully saturated rings. The summed E-state index contributed by atoms with van der Waals surface area (Å²) < 4.78 is 26.5. The van der Waals surface area contributed by atoms with Gasteiger partial charge in [-0.05, 0) is 12.8 Å². The summed E-state index contributed by atoms with van der Waals surface area (Å²) in [5.41, 5.74) is 5.37. The van der Waals surface area contributed by atoms with Gasteiger partial charge in [0.05, 0.1) is 0 Å². The lowest BCUT2D eigenvalue weighted by molar-refractivity contribution is -0.166. The third-order valence-electron chi connectivity index (χ3n) is 2.15. The molecule has 90 valence electrons. The number of aliphatic hydroxyl groups is 1. The lowest BCUT2D eigenvalue weighted by Crippen LogP contribution is -2.56. The van der Waals surface area contributed by atoms with Crippen LogP contribution in [0.4, 0.5) is 8.78 Å². The van der Waals surface area contributed by atoms with Gasteiger partial charge in [-0.25, -0.2) is 0 Å². The molecule has 0 heterocycles. The molecule has 0 aromatic heterocycles. The minimum absolute atomic E-state index is 0.0814. The lowest BCUT2D eigenvalue weighted by atomic mass is 9.95. The van der Waals surface area contributed by atoms with Gasteiger partial charge in [0, 0.05) is 12.6 Å². The first-order valence-electron chi connectivity index (χ1n) is 4.84. The van der Waals surface area contributed by atoms with Crippen LogP contribution in [0.3, 0.4) is 0 Å². The van der Waals surface area contributed by atoms with E-state index in [0.29, 0.717) is 0 Å². The molecule has 0 aliphatic rings. The maximum absolute atomic E-state index is 13.3. The van der Waals surface area contributed by atoms with Crippen molar-refractivity contribution >= 4 is 5.91 Å². The fourth-order valence-electron chi connectivity index (χ4n) is 1.02. The molecule has 1 amide bonds. The zero-order valence-electron chi connectivity index (χ0n) is 9.13. The summed E-state index contributed by atoms with van der Waals surface area (Å²) in [5.74, 6) is -5.67. The highest BCUT2D eigenvalue weighted by molar-refractivity contribution is 5.84. The topological polar surface area (TPSA) is 75.3 Å². The molecular formula is C9H18F2N2O2. The number of aliphatic hydroxyl groups excluding tert-OH is 1. The second kappa shape index (κ2) is 5.37. The molecule has 0 rings (SSSR count). The van der Waals surface area contributed by atoms with Gasteiger partial charge in [-0.15, -0.1) is 0 Å². The van der Waals surface area contributed by atoms with E-state index in [1.54, 1.807) is 13.8 Å². The summed E-state index contributed by atoms with van der Waals surface area (Å²) in [4.78, 5) is 11.0. The van der Waals surface area contributed by atoms with E-state index in [0.717, 1.165) is 0 Å². The monoisotopic (exact) mass is 224 g/mol. The highest BCUT2D eigenvalue weighted by atomic mass is 19.3. The number of nitrogens with two attached hydrogens (primary N) is 1. The number of hydrogen-bond donors (Lipinski definition) is 3. The molecule has 0 saturated heterocycles. The average Bonchev–Trinajstić information content (AvgIpc) is 2.15. The molecule has 0 aliphatic heterocycles. The van der Waals surface area contributed by atoms with Gasteiger partial charge < -0.3 is 16.2 Å². The minimum atomic E-state index is -3.85. The van der Waals surface area contributed by atoms with Crippen LogP contribution in [-0.4, -0.2) is 35.6 Å². The number of rotatable bonds is 5. The second-order valence-corrected chi connectivity index (χ2v) is 3.75. The van der Waals surface area contributed by atoms with Crippen molar-refractivity contribution in [2.45, 2.75) is 38.8 Å². The Hall–Kier alpha value is -0.750. The highest BCUT2D eigenvalue weighted by Gasteiger charge is 2.49. The molecule has 15 heavy (non-hydrogen) atoms. The largest absolute Gasteiger partial charge is 0.385 e. The first-order chi connectivity index (χ1) is 6.75. The Labute approximate surface area is 87.8 Å². The van der Waals surface area contributed by atoms with Crippen molar-refractivity contribution in [1.29, 1.82) is 0 Å². The predicted molar refractivity (Wildman–Crippen MR) is 52.5 cm³/mol. The number of alkyl halides is 2. The van der Waals surface area contributed by atoms with Crippen molar-refractivity contribution in [2.24, 2.45) is 11.7 Å². The van der Waals surface area contributed by atoms with E-state index in [1.165, 1.54) is 6.92 Å². The van der Waals surface area contributed by atoms with Crippen LogP contribution in [0.1, 0.15) is 20.8 Å². The van der Waals surface area contributed by atoms with Crippen LogP contribution in [0.2, 0.25) is 0 Å². The van der Waals surface area contributed by atoms with Gasteiger partial charge in [0.25, 0.3) is 5.91 Å². The minimum Gasteiger partial charge on any atom is -0.385 e. The van der Waals surface area contributed by atoms with E-state index in [1.807, 2.05) is 5.32 Å². The molecule has 4 N–H and O–H groups in total. The maximum Gasteiger partial charge on any atom is 0.351 e. The van der Waals surface area contributed by atoms with Crippen molar-refractivity contribution in [3.05, 3.63) is 0 Å². The average molecular weight is 224 g/mol. The summed E-state index contributed by atoms with van der Waals surface area (Å²) in [6.07, 6.45) is -2.16. The fourth-order valence-corrected chi connectivity index (χ4v) is 1.02. The molecule has 0 aromatic carbocycles. The van der Waals surface area contributed by atoms with Crippen molar-refractivity contribution in [3.8, 4) is 0 Å². The third-order valence-corrected chi connectivity index (χ3v) is 2.15. The van der Waals surface area contributed by atoms with E-state index >= 15 is 0 Å². The zero-order chi connectivity index (χ0) is 12.2. The van der Waals surface area contributed by atoms with Gasteiger partial charge >= 0.3 is 5.92 Å². The molecule has 0 aliphatic carbocycles. The molecule has 4 nitrogen and oxygen atoms in total. The molecule has 0 spiro atoms. The lowest BCUT2D eigenvalue weighted by Gasteiger charge is -2.28. The predicted octanol–water partition coefficient (Wildman–Crippen LogP) is 0.102. The van der Waals surface area contributed by atoms with Crippen molar-refractivity contribution in [2.75, 3.05) is 6.54 Å². The SMILES string of the molecule is CCNC(=O)C(F)(F)[C@H](O)[C@@H](N)C(C)C. The number of halogens is 2. The van der Waals surface area contributed by atoms with E-state index in [-0.39, 0.29) is 12.5 Å². The van der Waals surface area contributed by atoms with Crippen molar-refractivity contribution in [1.82, 2.24) is 5.32 Å². The van der Waals surface area contributed by atoms with Gasteiger partial charge in [0.15, 0.2) is 0 Å². The molecule has 0 bridgehead atoms. The van der Waals surface area contributed by atoms with Crippen molar-refractivity contribution < 1.29 is 18.7 Å². The molecule has 0 unspecified atom stereocenters. The van der Waals surface area contributed by atoms with Gasteiger partial charge in [-0.2, -0.15) is 8.78 Å². The van der Waals surface area contributed by atoms with E-state index in [4.69, 9.17) is 5.73 Å². The number of carbonyl (C=O) groups is 1. The third kappa shape index (κ3) is 3.39. The fraction of sp³-hybridized carbons (Fsp3) is 0.889. The standard InChI is InChI=1S/C9H18F2N2O2/c1-4-13-8(15)9(10,11)7(14)6(12)5(2)3/h5-7,14H,4,12H2,1-3H3,(H,13,15)/t6-,7+/m0/s1. The number of amides is 1. The Morgan fingerprint density at radius 1 is 1.53 bits per heavy atom. The number of hydrogen-bond acceptors (Lipinski definition) is 3. The summed E-state index contributed by atoms with van der Waals surface area (Å²) in [6, 6.07) is -1.14. The Morgan fingerprint density at radius 3 is 2.33 bits per heavy atom. The summed E-state index contributed by atoms with van der Waals surface area (Å²) in [6.45, 7) is 4.80. The van der Waals surface area contributed by atoms with Crippen LogP contribution in [-0.2, 0) is 4.79 Å². The van der Waals surface area contributed by atoms with E-state index in [9.17, 15) is 18.7 Å². The van der Waals surface area contributed by atoms with Crippen LogP contribution < -0.4 is 11.1 Å². The number of carbonyl (C=O) groups excluding carboxylic acids is 1. The van der Waals surface area contributed by atoms with Crippen LogP contribution in [0.15, 0.2) is 0 Å². The smallest absolute Gasteiger partial charge is 0.351 e. The molecular weight excluding hydrogens is 206 g/mol. The molecule has 0 saturated carbocycles. The first kappa shape index (κ1) is 14.2. The quantitative estimate of drug-likeness (QED) is 0.620. The van der Waals surface area contributed by atoms with Crippen LogP contribution >= 0.6 is 0 Å². The maximum atomic E-state index is 13.3. The summed E-state index contributed by atoms with van der Waals surface area (Å²) >= 11 is 0. The molecule has 2 atom stereocenters. The first-order valence-corrected chi connectivity index (χ1v) is 4.84. The van der Waals surface area contributed by atoms with E-state index < -0.39 is 24.0 Å². The van der Waals surface area contributed by atoms with Gasteiger partial charge in [0.2, 0.25) is 0 Å². The molecule has 0 radical (unpaired) electrons. The van der Waals surface area contributed by atoms with Gasteiger partial charge in [0.1, 0.15) is 6.10 Å². The molecule has 0 aromatic rings. The highest BCUT2D eigenvalue weighted by Crippen LogP contribution is 2.23. The Morgan fingerprint density at radius 2 is 2.00 bits per heavy atom. The zero-order valence-corrected chi connectivity index (χ0v) is 9.13. The number of nitrogens with one attached hydrogen (secondary N) is 1. The second-order valence-electron chi connectivity index (χ2n) is 3.75. The van der Waals surface area contributed by atoms with Crippen LogP contribution in [0.25, 0.3) is 0 Å². The van der Waals surface area contributed by atoms with Crippen molar-refractivity contribution in [3.63, 3.8) is 0 Å². The Kier molecular flexibility index (Phi) is 5.10. The Balaban J connectivity index is 4.63. The van der Waals surface area contributed by atoms with Crippen LogP contribution in [0, 0.1) is 5.92 Å². The van der Waals surface area contributed by atoms with Crippen LogP contribution in [0.5, 0.6) is 0 Å². The van der Waals surface area contributed by atoms with Gasteiger partial charge in [-0.1, -0.05) is 13.8 Å². The Bertz CT molecular complexity index is 222. The summed E-state index contributed by atoms with van der Waals surface area (Å²) in [7, 11) is 0. The normalized spacial score (nSPS) is 16.3. The van der Waals surface area contributed by atoms with E-state index in [2.05, 4.69) is 0 Å². The van der Waals surface area contributed by atoms with Gasteiger partial charge in [-0.3, -0.25) is 4.79 Å².